The van der Waals surface area contributed by atoms with Crippen LogP contribution in [0.1, 0.15) is 34.2 Å². The van der Waals surface area contributed by atoms with E-state index in [4.69, 9.17) is 10.1 Å². The van der Waals surface area contributed by atoms with Crippen molar-refractivity contribution in [2.75, 3.05) is 25.5 Å². The van der Waals surface area contributed by atoms with Gasteiger partial charge in [0, 0.05) is 39.0 Å². The first kappa shape index (κ1) is 23.1. The Kier molecular flexibility index (Phi) is 6.16. The summed E-state index contributed by atoms with van der Waals surface area (Å²) in [6.07, 6.45) is -0.178. The van der Waals surface area contributed by atoms with Crippen LogP contribution >= 0.6 is 0 Å². The molecule has 1 unspecified atom stereocenters. The van der Waals surface area contributed by atoms with E-state index in [0.29, 0.717) is 17.7 Å². The topological polar surface area (TPSA) is 133 Å². The van der Waals surface area contributed by atoms with E-state index in [-0.39, 0.29) is 43.5 Å². The van der Waals surface area contributed by atoms with Crippen LogP contribution < -0.4 is 10.6 Å². The molecule has 2 aliphatic heterocycles. The lowest BCUT2D eigenvalue weighted by atomic mass is 10.1. The Morgan fingerprint density at radius 2 is 2.12 bits per heavy atom. The lowest BCUT2D eigenvalue weighted by Gasteiger charge is -2.27. The van der Waals surface area contributed by atoms with Gasteiger partial charge in [0.25, 0.3) is 5.91 Å². The van der Waals surface area contributed by atoms with Crippen molar-refractivity contribution in [3.8, 4) is 6.07 Å². The summed E-state index contributed by atoms with van der Waals surface area (Å²) in [6, 6.07) is 2.69. The second-order valence-corrected chi connectivity index (χ2v) is 7.92. The van der Waals surface area contributed by atoms with Crippen LogP contribution in [0.4, 0.5) is 19.3 Å². The number of hydroxylamine groups is 2. The van der Waals surface area contributed by atoms with E-state index < -0.39 is 35.2 Å². The zero-order valence-electron chi connectivity index (χ0n) is 18.4. The van der Waals surface area contributed by atoms with Crippen LogP contribution in [0.5, 0.6) is 0 Å². The molecule has 13 heteroatoms. The Balaban J connectivity index is 1.56. The smallest absolute Gasteiger partial charge is 0.322 e. The van der Waals surface area contributed by atoms with E-state index in [1.54, 1.807) is 0 Å². The number of amides is 4. The molecule has 1 aromatic carbocycles. The minimum Gasteiger partial charge on any atom is -0.354 e. The Labute approximate surface area is 192 Å². The summed E-state index contributed by atoms with van der Waals surface area (Å²) in [5, 5.41) is 19.5. The quantitative estimate of drug-likeness (QED) is 0.687. The molecule has 3 heterocycles. The highest BCUT2D eigenvalue weighted by atomic mass is 19.1. The van der Waals surface area contributed by atoms with Gasteiger partial charge in [0.05, 0.1) is 24.5 Å². The molecule has 0 bridgehead atoms. The molecular weight excluding hydrogens is 452 g/mol. The van der Waals surface area contributed by atoms with Crippen molar-refractivity contribution in [3.05, 3.63) is 46.3 Å². The second-order valence-electron chi connectivity index (χ2n) is 7.92. The fraction of sp³-hybridized carbons (Fsp3) is 0.381. The lowest BCUT2D eigenvalue weighted by Crippen LogP contribution is -2.40. The summed E-state index contributed by atoms with van der Waals surface area (Å²) in [4.78, 5) is 44.0. The highest BCUT2D eigenvalue weighted by Gasteiger charge is 2.35. The van der Waals surface area contributed by atoms with Crippen LogP contribution in [0.15, 0.2) is 12.1 Å². The van der Waals surface area contributed by atoms with E-state index >= 15 is 0 Å². The molecule has 2 N–H and O–H groups in total. The Bertz CT molecular complexity index is 1220. The third-order valence-electron chi connectivity index (χ3n) is 5.58. The van der Waals surface area contributed by atoms with E-state index in [9.17, 15) is 23.2 Å². The molecule has 4 rings (SSSR count). The highest BCUT2D eigenvalue weighted by Crippen LogP contribution is 2.27. The SMILES string of the molecule is CC(=O)NCC1Cn2nc3c(c2C(=O)N(C)O1)CN(C(=O)Nc1ccc(F)c(C#N)c1F)CC3. The number of carbonyl (C=O) groups is 3. The molecule has 2 aliphatic rings. The van der Waals surface area contributed by atoms with Crippen molar-refractivity contribution in [3.63, 3.8) is 0 Å². The summed E-state index contributed by atoms with van der Waals surface area (Å²) in [5.74, 6) is -2.87. The monoisotopic (exact) mass is 473 g/mol. The first-order valence-electron chi connectivity index (χ1n) is 10.4. The van der Waals surface area contributed by atoms with Crippen LogP contribution in [-0.4, -0.2) is 63.8 Å². The molecule has 0 radical (unpaired) electrons. The number of halogens is 2. The Morgan fingerprint density at radius 1 is 1.35 bits per heavy atom. The molecule has 1 aromatic heterocycles. The van der Waals surface area contributed by atoms with E-state index in [1.807, 2.05) is 0 Å². The van der Waals surface area contributed by atoms with Crippen molar-refractivity contribution in [2.45, 2.75) is 32.5 Å². The number of nitriles is 1. The van der Waals surface area contributed by atoms with Crippen LogP contribution in [0.2, 0.25) is 0 Å². The van der Waals surface area contributed by atoms with E-state index in [2.05, 4.69) is 15.7 Å². The van der Waals surface area contributed by atoms with Crippen LogP contribution in [-0.2, 0) is 29.1 Å². The fourth-order valence-corrected chi connectivity index (χ4v) is 3.92. The highest BCUT2D eigenvalue weighted by molar-refractivity contribution is 5.94. The maximum absolute atomic E-state index is 14.4. The first-order valence-corrected chi connectivity index (χ1v) is 10.4. The van der Waals surface area contributed by atoms with Gasteiger partial charge in [0.1, 0.15) is 29.2 Å². The molecule has 0 saturated carbocycles. The van der Waals surface area contributed by atoms with Crippen molar-refractivity contribution in [1.82, 2.24) is 25.1 Å². The minimum atomic E-state index is -1.16. The number of urea groups is 1. The maximum Gasteiger partial charge on any atom is 0.322 e. The molecule has 0 saturated heterocycles. The minimum absolute atomic E-state index is 0.0281. The summed E-state index contributed by atoms with van der Waals surface area (Å²) in [5.41, 5.74) is 0.343. The molecule has 11 nitrogen and oxygen atoms in total. The zero-order valence-corrected chi connectivity index (χ0v) is 18.4. The van der Waals surface area contributed by atoms with Gasteiger partial charge in [-0.3, -0.25) is 19.1 Å². The maximum atomic E-state index is 14.4. The number of hydrogen-bond donors (Lipinski definition) is 2. The zero-order chi connectivity index (χ0) is 24.6. The normalized spacial score (nSPS) is 17.4. The van der Waals surface area contributed by atoms with Gasteiger partial charge in [-0.25, -0.2) is 18.6 Å². The van der Waals surface area contributed by atoms with Crippen LogP contribution in [0.25, 0.3) is 0 Å². The number of anilines is 1. The number of benzene rings is 1. The average molecular weight is 473 g/mol. The van der Waals surface area contributed by atoms with Gasteiger partial charge in [-0.1, -0.05) is 0 Å². The third kappa shape index (κ3) is 4.27. The fourth-order valence-electron chi connectivity index (χ4n) is 3.92. The van der Waals surface area contributed by atoms with Gasteiger partial charge in [-0.05, 0) is 12.1 Å². The average Bonchev–Trinajstić information content (AvgIpc) is 3.10. The third-order valence-corrected chi connectivity index (χ3v) is 5.58. The molecule has 0 aliphatic carbocycles. The largest absolute Gasteiger partial charge is 0.354 e. The van der Waals surface area contributed by atoms with Gasteiger partial charge in [-0.15, -0.1) is 0 Å². The van der Waals surface area contributed by atoms with Crippen LogP contribution in [0, 0.1) is 23.0 Å². The molecule has 0 fully saturated rings. The predicted molar refractivity (Wildman–Crippen MR) is 112 cm³/mol. The van der Waals surface area contributed by atoms with E-state index in [0.717, 1.165) is 17.2 Å². The molecule has 2 aromatic rings. The van der Waals surface area contributed by atoms with Crippen molar-refractivity contribution < 1.29 is 28.0 Å². The first-order chi connectivity index (χ1) is 16.2. The molecule has 178 valence electrons. The number of nitrogens with one attached hydrogen (secondary N) is 2. The molecule has 4 amide bonds. The van der Waals surface area contributed by atoms with Crippen molar-refractivity contribution in [1.29, 1.82) is 5.26 Å². The van der Waals surface area contributed by atoms with Crippen molar-refractivity contribution >= 4 is 23.5 Å². The standard InChI is InChI=1S/C21H21F2N7O4/c1-11(31)25-8-12-9-30-19(20(32)28(2)34-12)14-10-29(6-5-16(14)27-30)21(33)26-17-4-3-15(22)13(7-24)18(17)23/h3-4,12H,5-6,8-10H2,1-2H3,(H,25,31)(H,26,33). The molecular formula is C21H21F2N7O4. The molecule has 0 spiro atoms. The Hall–Kier alpha value is -4.05. The number of carbonyl (C=O) groups excluding carboxylic acids is 3. The van der Waals surface area contributed by atoms with Gasteiger partial charge in [-0.2, -0.15) is 10.4 Å². The number of fused-ring (bicyclic) bond motifs is 3. The number of hydrogen-bond acceptors (Lipinski definition) is 6. The summed E-state index contributed by atoms with van der Waals surface area (Å²) in [6.45, 7) is 2.05. The van der Waals surface area contributed by atoms with Gasteiger partial charge in [0.2, 0.25) is 5.91 Å². The summed E-state index contributed by atoms with van der Waals surface area (Å²) < 4.78 is 29.5. The van der Waals surface area contributed by atoms with Gasteiger partial charge >= 0.3 is 6.03 Å². The summed E-state index contributed by atoms with van der Waals surface area (Å²) in [7, 11) is 1.45. The Morgan fingerprint density at radius 3 is 2.82 bits per heavy atom. The number of nitrogens with zero attached hydrogens (tertiary/aromatic N) is 5. The molecule has 34 heavy (non-hydrogen) atoms. The lowest BCUT2D eigenvalue weighted by molar-refractivity contribution is -0.148. The number of rotatable bonds is 3. The summed E-state index contributed by atoms with van der Waals surface area (Å²) >= 11 is 0. The second kappa shape index (κ2) is 9.06. The number of aromatic nitrogens is 2. The predicted octanol–water partition coefficient (Wildman–Crippen LogP) is 1.15. The van der Waals surface area contributed by atoms with Crippen molar-refractivity contribution in [2.24, 2.45) is 0 Å². The van der Waals surface area contributed by atoms with E-state index in [1.165, 1.54) is 29.6 Å². The van der Waals surface area contributed by atoms with Gasteiger partial charge < -0.3 is 15.5 Å². The molecule has 1 atom stereocenters. The van der Waals surface area contributed by atoms with Crippen LogP contribution in [0.3, 0.4) is 0 Å². The van der Waals surface area contributed by atoms with Gasteiger partial charge in [0.15, 0.2) is 5.82 Å².